The topological polar surface area (TPSA) is 88.2 Å². The molecule has 0 radical (unpaired) electrons. The van der Waals surface area contributed by atoms with Gasteiger partial charge in [-0.1, -0.05) is 18.2 Å². The first-order valence-corrected chi connectivity index (χ1v) is 12.3. The van der Waals surface area contributed by atoms with Crippen molar-refractivity contribution in [1.29, 1.82) is 0 Å². The van der Waals surface area contributed by atoms with Crippen LogP contribution in [-0.2, 0) is 10.0 Å². The highest BCUT2D eigenvalue weighted by atomic mass is 32.2. The van der Waals surface area contributed by atoms with E-state index in [0.29, 0.717) is 43.2 Å². The summed E-state index contributed by atoms with van der Waals surface area (Å²) < 4.78 is 38.6. The first-order valence-electron chi connectivity index (χ1n) is 10.9. The lowest BCUT2D eigenvalue weighted by Crippen LogP contribution is -2.48. The van der Waals surface area contributed by atoms with Gasteiger partial charge in [0.1, 0.15) is 11.5 Å². The van der Waals surface area contributed by atoms with Crippen LogP contribution in [0, 0.1) is 0 Å². The third-order valence-electron chi connectivity index (χ3n) is 5.75. The van der Waals surface area contributed by atoms with E-state index in [1.807, 2.05) is 24.3 Å². The first-order chi connectivity index (χ1) is 16.4. The fourth-order valence-electron chi connectivity index (χ4n) is 3.87. The summed E-state index contributed by atoms with van der Waals surface area (Å²) in [6.07, 6.45) is 0. The fourth-order valence-corrected chi connectivity index (χ4v) is 4.94. The number of nitrogens with zero attached hydrogens (tertiary/aromatic N) is 2. The Labute approximate surface area is 199 Å². The van der Waals surface area contributed by atoms with E-state index in [1.165, 1.54) is 19.2 Å². The van der Waals surface area contributed by atoms with Gasteiger partial charge in [0.15, 0.2) is 0 Å². The Kier molecular flexibility index (Phi) is 6.93. The van der Waals surface area contributed by atoms with E-state index in [2.05, 4.69) is 9.62 Å². The quantitative estimate of drug-likeness (QED) is 0.556. The second-order valence-electron chi connectivity index (χ2n) is 7.81. The summed E-state index contributed by atoms with van der Waals surface area (Å²) in [6.45, 7) is 2.55. The van der Waals surface area contributed by atoms with Crippen molar-refractivity contribution in [2.75, 3.05) is 50.0 Å². The molecule has 9 heteroatoms. The van der Waals surface area contributed by atoms with Crippen LogP contribution in [0.1, 0.15) is 10.4 Å². The maximum atomic E-state index is 13.0. The lowest BCUT2D eigenvalue weighted by atomic mass is 10.1. The molecule has 1 amide bonds. The average molecular weight is 482 g/mol. The lowest BCUT2D eigenvalue weighted by Gasteiger charge is -2.36. The minimum atomic E-state index is -3.83. The predicted octanol–water partition coefficient (Wildman–Crippen LogP) is 3.47. The van der Waals surface area contributed by atoms with Crippen LogP contribution in [0.5, 0.6) is 11.5 Å². The number of para-hydroxylation sites is 2. The van der Waals surface area contributed by atoms with Crippen LogP contribution >= 0.6 is 0 Å². The Balaban J connectivity index is 1.40. The molecule has 0 saturated carbocycles. The molecule has 1 saturated heterocycles. The largest absolute Gasteiger partial charge is 0.497 e. The van der Waals surface area contributed by atoms with Gasteiger partial charge in [0.25, 0.3) is 15.9 Å². The molecule has 0 atom stereocenters. The Morgan fingerprint density at radius 1 is 0.853 bits per heavy atom. The molecule has 1 fully saturated rings. The molecule has 1 N–H and O–H groups in total. The summed E-state index contributed by atoms with van der Waals surface area (Å²) in [5.74, 6) is 1.10. The van der Waals surface area contributed by atoms with E-state index in [-0.39, 0.29) is 10.8 Å². The Morgan fingerprint density at radius 2 is 1.56 bits per heavy atom. The Hall–Kier alpha value is -3.72. The number of nitrogens with one attached hydrogen (secondary N) is 1. The van der Waals surface area contributed by atoms with Gasteiger partial charge in [-0.05, 0) is 48.5 Å². The van der Waals surface area contributed by atoms with Gasteiger partial charge >= 0.3 is 0 Å². The summed E-state index contributed by atoms with van der Waals surface area (Å²) in [5, 5.41) is 0. The molecule has 0 unspecified atom stereocenters. The number of rotatable bonds is 7. The molecule has 1 aliphatic heterocycles. The maximum absolute atomic E-state index is 13.0. The van der Waals surface area contributed by atoms with Crippen molar-refractivity contribution in [3.8, 4) is 11.5 Å². The summed E-state index contributed by atoms with van der Waals surface area (Å²) in [7, 11) is -0.713. The van der Waals surface area contributed by atoms with Gasteiger partial charge in [0, 0.05) is 43.5 Å². The molecule has 178 valence electrons. The minimum Gasteiger partial charge on any atom is -0.497 e. The number of piperazine rings is 1. The number of methoxy groups -OCH3 is 2. The number of amides is 1. The summed E-state index contributed by atoms with van der Waals surface area (Å²) in [4.78, 5) is 17.1. The van der Waals surface area contributed by atoms with Crippen molar-refractivity contribution in [3.05, 3.63) is 78.4 Å². The van der Waals surface area contributed by atoms with Gasteiger partial charge in [-0.2, -0.15) is 0 Å². The van der Waals surface area contributed by atoms with Gasteiger partial charge in [0.2, 0.25) is 0 Å². The molecule has 0 bridgehead atoms. The molecular formula is C25H27N3O5S. The van der Waals surface area contributed by atoms with Crippen LogP contribution < -0.4 is 19.1 Å². The van der Waals surface area contributed by atoms with Crippen molar-refractivity contribution in [3.63, 3.8) is 0 Å². The smallest absolute Gasteiger partial charge is 0.262 e. The Bertz CT molecular complexity index is 1250. The molecule has 8 nitrogen and oxygen atoms in total. The summed E-state index contributed by atoms with van der Waals surface area (Å²) >= 11 is 0. The molecule has 0 spiro atoms. The van der Waals surface area contributed by atoms with Crippen LogP contribution in [0.15, 0.2) is 77.7 Å². The van der Waals surface area contributed by atoms with Crippen molar-refractivity contribution in [2.45, 2.75) is 4.90 Å². The van der Waals surface area contributed by atoms with E-state index >= 15 is 0 Å². The number of ether oxygens (including phenoxy) is 2. The number of anilines is 2. The molecule has 0 aliphatic carbocycles. The third-order valence-corrected chi connectivity index (χ3v) is 7.13. The van der Waals surface area contributed by atoms with E-state index in [4.69, 9.17) is 9.47 Å². The summed E-state index contributed by atoms with van der Waals surface area (Å²) in [5.41, 5.74) is 1.86. The SMILES string of the molecule is COc1cccc(N2CCN(C(=O)c3ccc(S(=O)(=O)Nc4ccccc4OC)cc3)CC2)c1. The Morgan fingerprint density at radius 3 is 2.24 bits per heavy atom. The zero-order valence-corrected chi connectivity index (χ0v) is 19.9. The number of sulfonamides is 1. The van der Waals surface area contributed by atoms with Gasteiger partial charge in [-0.25, -0.2) is 8.42 Å². The van der Waals surface area contributed by atoms with Gasteiger partial charge in [-0.15, -0.1) is 0 Å². The lowest BCUT2D eigenvalue weighted by molar-refractivity contribution is 0.0746. The van der Waals surface area contributed by atoms with Crippen LogP contribution in [-0.4, -0.2) is 59.6 Å². The summed E-state index contributed by atoms with van der Waals surface area (Å²) in [6, 6.07) is 20.6. The van der Waals surface area contributed by atoms with Crippen molar-refractivity contribution >= 4 is 27.3 Å². The van der Waals surface area contributed by atoms with Crippen LogP contribution in [0.4, 0.5) is 11.4 Å². The highest BCUT2D eigenvalue weighted by Gasteiger charge is 2.23. The van der Waals surface area contributed by atoms with Crippen LogP contribution in [0.2, 0.25) is 0 Å². The predicted molar refractivity (Wildman–Crippen MR) is 131 cm³/mol. The van der Waals surface area contributed by atoms with E-state index in [0.717, 1.165) is 11.4 Å². The highest BCUT2D eigenvalue weighted by molar-refractivity contribution is 7.92. The number of benzene rings is 3. The molecule has 1 aliphatic rings. The average Bonchev–Trinajstić information content (AvgIpc) is 2.88. The zero-order valence-electron chi connectivity index (χ0n) is 19.1. The number of carbonyl (C=O) groups excluding carboxylic acids is 1. The van der Waals surface area contributed by atoms with E-state index in [9.17, 15) is 13.2 Å². The molecule has 4 rings (SSSR count). The number of carbonyl (C=O) groups is 1. The number of hydrogen-bond acceptors (Lipinski definition) is 6. The van der Waals surface area contributed by atoms with E-state index < -0.39 is 10.0 Å². The zero-order chi connectivity index (χ0) is 24.1. The normalized spacial score (nSPS) is 13.9. The molecule has 34 heavy (non-hydrogen) atoms. The van der Waals surface area contributed by atoms with Crippen LogP contribution in [0.25, 0.3) is 0 Å². The monoisotopic (exact) mass is 481 g/mol. The second kappa shape index (κ2) is 10.0. The fraction of sp³-hybridized carbons (Fsp3) is 0.240. The maximum Gasteiger partial charge on any atom is 0.262 e. The molecule has 3 aromatic carbocycles. The van der Waals surface area contributed by atoms with Gasteiger partial charge in [0.05, 0.1) is 24.8 Å². The third kappa shape index (κ3) is 5.09. The molecule has 3 aromatic rings. The van der Waals surface area contributed by atoms with Crippen molar-refractivity contribution in [1.82, 2.24) is 4.90 Å². The minimum absolute atomic E-state index is 0.0674. The first kappa shape index (κ1) is 23.4. The van der Waals surface area contributed by atoms with Gasteiger partial charge < -0.3 is 19.3 Å². The highest BCUT2D eigenvalue weighted by Crippen LogP contribution is 2.26. The standard InChI is InChI=1S/C25H27N3O5S/c1-32-21-7-5-6-20(18-21)27-14-16-28(17-15-27)25(29)19-10-12-22(13-11-19)34(30,31)26-23-8-3-4-9-24(23)33-2/h3-13,18,26H,14-17H2,1-2H3. The molecule has 0 aromatic heterocycles. The molecular weight excluding hydrogens is 454 g/mol. The van der Waals surface area contributed by atoms with E-state index in [1.54, 1.807) is 48.4 Å². The second-order valence-corrected chi connectivity index (χ2v) is 9.49. The van der Waals surface area contributed by atoms with Crippen molar-refractivity contribution < 1.29 is 22.7 Å². The number of hydrogen-bond donors (Lipinski definition) is 1. The van der Waals surface area contributed by atoms with Crippen molar-refractivity contribution in [2.24, 2.45) is 0 Å². The van der Waals surface area contributed by atoms with Crippen LogP contribution in [0.3, 0.4) is 0 Å². The van der Waals surface area contributed by atoms with Gasteiger partial charge in [-0.3, -0.25) is 9.52 Å². The molecule has 1 heterocycles.